The lowest BCUT2D eigenvalue weighted by Gasteiger charge is -2.25. The highest BCUT2D eigenvalue weighted by molar-refractivity contribution is 5.25. The summed E-state index contributed by atoms with van der Waals surface area (Å²) in [4.78, 5) is 16.1. The van der Waals surface area contributed by atoms with E-state index >= 15 is 0 Å². The van der Waals surface area contributed by atoms with Crippen LogP contribution in [-0.4, -0.2) is 31.0 Å². The van der Waals surface area contributed by atoms with E-state index in [4.69, 9.17) is 0 Å². The number of aromatic nitrogens is 4. The number of rotatable bonds is 4. The molecule has 0 bridgehead atoms. The van der Waals surface area contributed by atoms with Crippen molar-refractivity contribution in [2.45, 2.75) is 32.4 Å². The fraction of sp³-hybridized carbons (Fsp3) is 0.316. The van der Waals surface area contributed by atoms with E-state index in [1.807, 2.05) is 49.1 Å². The Kier molecular flexibility index (Phi) is 4.09. The minimum Gasteiger partial charge on any atom is -0.287 e. The van der Waals surface area contributed by atoms with Crippen LogP contribution in [0.25, 0.3) is 5.82 Å². The molecule has 0 spiro atoms. The Morgan fingerprint density at radius 1 is 1.04 bits per heavy atom. The van der Waals surface area contributed by atoms with Crippen molar-refractivity contribution >= 4 is 0 Å². The van der Waals surface area contributed by atoms with Gasteiger partial charge in [0.05, 0.1) is 18.3 Å². The van der Waals surface area contributed by atoms with Crippen molar-refractivity contribution in [2.24, 2.45) is 0 Å². The molecule has 1 aliphatic rings. The standard InChI is InChI=1S/C19H21N5/c1-15-6-4-10-22-19(15)16-7-5-12-23(16)14-18-21-11-13-24(18)17-8-2-3-9-20-17/h2-4,6,8-11,13,16H,5,7,12,14H2,1H3. The number of imidazole rings is 1. The SMILES string of the molecule is Cc1cccnc1C1CCCN1Cc1nccn1-c1ccccn1. The average Bonchev–Trinajstić information content (AvgIpc) is 3.26. The van der Waals surface area contributed by atoms with E-state index in [9.17, 15) is 0 Å². The highest BCUT2D eigenvalue weighted by atomic mass is 15.2. The van der Waals surface area contributed by atoms with E-state index < -0.39 is 0 Å². The van der Waals surface area contributed by atoms with Crippen molar-refractivity contribution < 1.29 is 0 Å². The van der Waals surface area contributed by atoms with E-state index in [1.165, 1.54) is 17.7 Å². The number of likely N-dealkylation sites (tertiary alicyclic amines) is 1. The van der Waals surface area contributed by atoms with Crippen molar-refractivity contribution in [3.8, 4) is 5.82 Å². The molecule has 5 nitrogen and oxygen atoms in total. The number of aryl methyl sites for hydroxylation is 1. The van der Waals surface area contributed by atoms with Gasteiger partial charge in [-0.05, 0) is 50.1 Å². The van der Waals surface area contributed by atoms with Gasteiger partial charge in [-0.1, -0.05) is 12.1 Å². The molecule has 0 radical (unpaired) electrons. The maximum absolute atomic E-state index is 4.64. The summed E-state index contributed by atoms with van der Waals surface area (Å²) >= 11 is 0. The topological polar surface area (TPSA) is 46.8 Å². The number of hydrogen-bond donors (Lipinski definition) is 0. The molecule has 4 rings (SSSR count). The van der Waals surface area contributed by atoms with Crippen molar-refractivity contribution in [1.29, 1.82) is 0 Å². The summed E-state index contributed by atoms with van der Waals surface area (Å²) in [6, 6.07) is 10.5. The molecule has 0 amide bonds. The van der Waals surface area contributed by atoms with Crippen LogP contribution in [0.1, 0.15) is 36.0 Å². The normalized spacial score (nSPS) is 18.1. The Labute approximate surface area is 142 Å². The van der Waals surface area contributed by atoms with Crippen LogP contribution in [0.3, 0.4) is 0 Å². The Morgan fingerprint density at radius 3 is 2.79 bits per heavy atom. The molecule has 1 fully saturated rings. The quantitative estimate of drug-likeness (QED) is 0.740. The summed E-state index contributed by atoms with van der Waals surface area (Å²) in [7, 11) is 0. The number of nitrogens with zero attached hydrogens (tertiary/aromatic N) is 5. The van der Waals surface area contributed by atoms with Gasteiger partial charge in [0.2, 0.25) is 0 Å². The summed E-state index contributed by atoms with van der Waals surface area (Å²) in [5.41, 5.74) is 2.47. The van der Waals surface area contributed by atoms with Gasteiger partial charge in [-0.3, -0.25) is 14.5 Å². The molecule has 3 aromatic heterocycles. The first-order chi connectivity index (χ1) is 11.8. The third kappa shape index (κ3) is 2.83. The zero-order chi connectivity index (χ0) is 16.4. The Morgan fingerprint density at radius 2 is 1.96 bits per heavy atom. The lowest BCUT2D eigenvalue weighted by atomic mass is 10.1. The van der Waals surface area contributed by atoms with Crippen LogP contribution < -0.4 is 0 Å². The molecule has 0 N–H and O–H groups in total. The molecule has 1 unspecified atom stereocenters. The third-order valence-corrected chi connectivity index (χ3v) is 4.69. The van der Waals surface area contributed by atoms with Gasteiger partial charge in [0.25, 0.3) is 0 Å². The van der Waals surface area contributed by atoms with Crippen LogP contribution in [0.4, 0.5) is 0 Å². The molecule has 3 aromatic rings. The Balaban J connectivity index is 1.60. The van der Waals surface area contributed by atoms with E-state index in [0.717, 1.165) is 31.2 Å². The van der Waals surface area contributed by atoms with Crippen LogP contribution in [-0.2, 0) is 6.54 Å². The Hall–Kier alpha value is -2.53. The Bertz CT molecular complexity index is 811. The van der Waals surface area contributed by atoms with Gasteiger partial charge in [0.15, 0.2) is 0 Å². The first-order valence-electron chi connectivity index (χ1n) is 8.42. The molecular formula is C19H21N5. The van der Waals surface area contributed by atoms with E-state index in [-0.39, 0.29) is 0 Å². The predicted molar refractivity (Wildman–Crippen MR) is 92.7 cm³/mol. The van der Waals surface area contributed by atoms with Crippen LogP contribution in [0.5, 0.6) is 0 Å². The largest absolute Gasteiger partial charge is 0.287 e. The summed E-state index contributed by atoms with van der Waals surface area (Å²) in [6.07, 6.45) is 9.89. The molecule has 0 saturated carbocycles. The number of hydrogen-bond acceptors (Lipinski definition) is 4. The van der Waals surface area contributed by atoms with Crippen LogP contribution in [0.15, 0.2) is 55.1 Å². The minimum atomic E-state index is 0.375. The molecule has 122 valence electrons. The molecule has 1 saturated heterocycles. The van der Waals surface area contributed by atoms with Crippen molar-refractivity contribution in [2.75, 3.05) is 6.54 Å². The molecule has 4 heterocycles. The van der Waals surface area contributed by atoms with E-state index in [1.54, 1.807) is 0 Å². The van der Waals surface area contributed by atoms with Gasteiger partial charge >= 0.3 is 0 Å². The predicted octanol–water partition coefficient (Wildman–Crippen LogP) is 3.31. The van der Waals surface area contributed by atoms with Gasteiger partial charge in [-0.15, -0.1) is 0 Å². The van der Waals surface area contributed by atoms with Crippen molar-refractivity contribution in [3.63, 3.8) is 0 Å². The second kappa shape index (κ2) is 6.53. The zero-order valence-corrected chi connectivity index (χ0v) is 13.8. The van der Waals surface area contributed by atoms with Gasteiger partial charge in [-0.2, -0.15) is 0 Å². The first-order valence-corrected chi connectivity index (χ1v) is 8.42. The van der Waals surface area contributed by atoms with Crippen molar-refractivity contribution in [3.05, 3.63) is 72.2 Å². The van der Waals surface area contributed by atoms with E-state index in [0.29, 0.717) is 6.04 Å². The number of pyridine rings is 2. The molecule has 1 aliphatic heterocycles. The maximum atomic E-state index is 4.64. The highest BCUT2D eigenvalue weighted by Gasteiger charge is 2.29. The molecule has 0 aromatic carbocycles. The molecule has 24 heavy (non-hydrogen) atoms. The molecule has 1 atom stereocenters. The van der Waals surface area contributed by atoms with Crippen LogP contribution >= 0.6 is 0 Å². The molecular weight excluding hydrogens is 298 g/mol. The highest BCUT2D eigenvalue weighted by Crippen LogP contribution is 2.33. The third-order valence-electron chi connectivity index (χ3n) is 4.69. The van der Waals surface area contributed by atoms with Gasteiger partial charge in [0.1, 0.15) is 11.6 Å². The smallest absolute Gasteiger partial charge is 0.138 e. The summed E-state index contributed by atoms with van der Waals surface area (Å²) in [5.74, 6) is 1.93. The first kappa shape index (κ1) is 15.0. The van der Waals surface area contributed by atoms with Crippen LogP contribution in [0.2, 0.25) is 0 Å². The second-order valence-electron chi connectivity index (χ2n) is 6.24. The minimum absolute atomic E-state index is 0.375. The fourth-order valence-corrected chi connectivity index (χ4v) is 3.51. The van der Waals surface area contributed by atoms with Gasteiger partial charge in [-0.25, -0.2) is 9.97 Å². The average molecular weight is 319 g/mol. The molecule has 0 aliphatic carbocycles. The summed E-state index contributed by atoms with van der Waals surface area (Å²) < 4.78 is 2.07. The van der Waals surface area contributed by atoms with E-state index in [2.05, 4.69) is 37.4 Å². The lowest BCUT2D eigenvalue weighted by Crippen LogP contribution is -2.25. The van der Waals surface area contributed by atoms with Gasteiger partial charge in [0, 0.05) is 24.8 Å². The second-order valence-corrected chi connectivity index (χ2v) is 6.24. The fourth-order valence-electron chi connectivity index (χ4n) is 3.51. The maximum Gasteiger partial charge on any atom is 0.138 e. The monoisotopic (exact) mass is 319 g/mol. The lowest BCUT2D eigenvalue weighted by molar-refractivity contribution is 0.236. The summed E-state index contributed by atoms with van der Waals surface area (Å²) in [5, 5.41) is 0. The van der Waals surface area contributed by atoms with Crippen LogP contribution in [0, 0.1) is 6.92 Å². The molecule has 5 heteroatoms. The zero-order valence-electron chi connectivity index (χ0n) is 13.8. The van der Waals surface area contributed by atoms with Crippen molar-refractivity contribution in [1.82, 2.24) is 24.4 Å². The summed E-state index contributed by atoms with van der Waals surface area (Å²) in [6.45, 7) is 4.04. The van der Waals surface area contributed by atoms with Gasteiger partial charge < -0.3 is 0 Å².